The third kappa shape index (κ3) is 5.43. The molecule has 1 amide bonds. The Morgan fingerprint density at radius 3 is 2.60 bits per heavy atom. The van der Waals surface area contributed by atoms with Gasteiger partial charge in [-0.2, -0.15) is 5.26 Å². The van der Waals surface area contributed by atoms with Gasteiger partial charge in [0.2, 0.25) is 5.91 Å². The second kappa shape index (κ2) is 9.13. The average Bonchev–Trinajstić information content (AvgIpc) is 2.78. The standard InChI is InChI=1S/C15H24N4O/c1-3-4-5-6-7-8-9-10-14(20)18-15-13(11-16)17-12-19(15)2/h12H,3-10H2,1-2H3,(H,18,20). The summed E-state index contributed by atoms with van der Waals surface area (Å²) < 4.78 is 1.65. The number of rotatable bonds is 9. The molecule has 0 spiro atoms. The van der Waals surface area contributed by atoms with Gasteiger partial charge < -0.3 is 9.88 Å². The van der Waals surface area contributed by atoms with Crippen LogP contribution in [0.4, 0.5) is 5.82 Å². The minimum atomic E-state index is -0.0429. The van der Waals surface area contributed by atoms with Crippen molar-refractivity contribution in [1.29, 1.82) is 5.26 Å². The van der Waals surface area contributed by atoms with E-state index < -0.39 is 0 Å². The Balaban J connectivity index is 2.21. The minimum absolute atomic E-state index is 0.0429. The van der Waals surface area contributed by atoms with E-state index in [0.717, 1.165) is 12.8 Å². The molecule has 0 aromatic carbocycles. The molecule has 0 saturated heterocycles. The van der Waals surface area contributed by atoms with Crippen LogP contribution < -0.4 is 5.32 Å². The highest BCUT2D eigenvalue weighted by molar-refractivity contribution is 5.90. The monoisotopic (exact) mass is 276 g/mol. The molecule has 0 aliphatic carbocycles. The third-order valence-corrected chi connectivity index (χ3v) is 3.31. The molecule has 1 aromatic rings. The predicted octanol–water partition coefficient (Wildman–Crippen LogP) is 3.37. The van der Waals surface area contributed by atoms with E-state index in [-0.39, 0.29) is 11.6 Å². The Labute approximate surface area is 121 Å². The average molecular weight is 276 g/mol. The van der Waals surface area contributed by atoms with Crippen molar-refractivity contribution in [2.45, 2.75) is 58.3 Å². The zero-order valence-corrected chi connectivity index (χ0v) is 12.5. The largest absolute Gasteiger partial charge is 0.319 e. The van der Waals surface area contributed by atoms with E-state index >= 15 is 0 Å². The summed E-state index contributed by atoms with van der Waals surface area (Å²) in [5.74, 6) is 0.444. The van der Waals surface area contributed by atoms with Gasteiger partial charge in [-0.15, -0.1) is 0 Å². The van der Waals surface area contributed by atoms with Crippen molar-refractivity contribution in [2.24, 2.45) is 7.05 Å². The maximum absolute atomic E-state index is 11.8. The van der Waals surface area contributed by atoms with Gasteiger partial charge >= 0.3 is 0 Å². The van der Waals surface area contributed by atoms with Gasteiger partial charge in [-0.05, 0) is 6.42 Å². The van der Waals surface area contributed by atoms with Crippen LogP contribution in [-0.4, -0.2) is 15.5 Å². The second-order valence-electron chi connectivity index (χ2n) is 5.08. The van der Waals surface area contributed by atoms with Crippen LogP contribution in [0.15, 0.2) is 6.33 Å². The summed E-state index contributed by atoms with van der Waals surface area (Å²) in [7, 11) is 1.76. The van der Waals surface area contributed by atoms with Crippen LogP contribution in [0.5, 0.6) is 0 Å². The number of nitrogens with zero attached hydrogens (tertiary/aromatic N) is 3. The molecule has 20 heavy (non-hydrogen) atoms. The van der Waals surface area contributed by atoms with Crippen molar-refractivity contribution in [2.75, 3.05) is 5.32 Å². The summed E-state index contributed by atoms with van der Waals surface area (Å²) in [6.45, 7) is 2.21. The smallest absolute Gasteiger partial charge is 0.225 e. The first-order valence-electron chi connectivity index (χ1n) is 7.40. The van der Waals surface area contributed by atoms with E-state index in [9.17, 15) is 4.79 Å². The van der Waals surface area contributed by atoms with Gasteiger partial charge in [-0.1, -0.05) is 45.4 Å². The van der Waals surface area contributed by atoms with Gasteiger partial charge in [0.25, 0.3) is 0 Å². The van der Waals surface area contributed by atoms with E-state index in [4.69, 9.17) is 5.26 Å². The minimum Gasteiger partial charge on any atom is -0.319 e. The zero-order valence-electron chi connectivity index (χ0n) is 12.5. The molecule has 0 atom stereocenters. The summed E-state index contributed by atoms with van der Waals surface area (Å²) in [4.78, 5) is 15.7. The Kier molecular flexibility index (Phi) is 7.41. The number of carbonyl (C=O) groups excluding carboxylic acids is 1. The number of nitriles is 1. The third-order valence-electron chi connectivity index (χ3n) is 3.31. The first kappa shape index (κ1) is 16.2. The fraction of sp³-hybridized carbons (Fsp3) is 0.667. The number of unbranched alkanes of at least 4 members (excludes halogenated alkanes) is 6. The van der Waals surface area contributed by atoms with Crippen LogP contribution in [0.25, 0.3) is 0 Å². The lowest BCUT2D eigenvalue weighted by Crippen LogP contribution is -2.14. The van der Waals surface area contributed by atoms with Gasteiger partial charge in [0.1, 0.15) is 6.07 Å². The maximum atomic E-state index is 11.8. The van der Waals surface area contributed by atoms with Gasteiger partial charge in [-0.25, -0.2) is 4.98 Å². The van der Waals surface area contributed by atoms with Gasteiger partial charge in [0.15, 0.2) is 11.5 Å². The molecule has 0 aliphatic rings. The highest BCUT2D eigenvalue weighted by Gasteiger charge is 2.11. The van der Waals surface area contributed by atoms with E-state index in [1.165, 1.54) is 38.4 Å². The topological polar surface area (TPSA) is 70.7 Å². The van der Waals surface area contributed by atoms with Crippen molar-refractivity contribution in [3.63, 3.8) is 0 Å². The first-order valence-corrected chi connectivity index (χ1v) is 7.40. The van der Waals surface area contributed by atoms with Crippen LogP contribution in [0.3, 0.4) is 0 Å². The van der Waals surface area contributed by atoms with Crippen molar-refractivity contribution in [3.05, 3.63) is 12.0 Å². The molecule has 5 heteroatoms. The lowest BCUT2D eigenvalue weighted by Gasteiger charge is -2.06. The number of imidazole rings is 1. The van der Waals surface area contributed by atoms with Gasteiger partial charge in [-0.3, -0.25) is 4.79 Å². The first-order chi connectivity index (χ1) is 9.69. The molecule has 0 aliphatic heterocycles. The molecule has 0 unspecified atom stereocenters. The Morgan fingerprint density at radius 2 is 1.95 bits per heavy atom. The van der Waals surface area contributed by atoms with Crippen molar-refractivity contribution in [3.8, 4) is 6.07 Å². The molecule has 1 aromatic heterocycles. The van der Waals surface area contributed by atoms with Crippen molar-refractivity contribution in [1.82, 2.24) is 9.55 Å². The lowest BCUT2D eigenvalue weighted by atomic mass is 10.1. The Bertz CT molecular complexity index is 459. The summed E-state index contributed by atoms with van der Waals surface area (Å²) in [6.07, 6.45) is 10.3. The molecule has 5 nitrogen and oxygen atoms in total. The van der Waals surface area contributed by atoms with Gasteiger partial charge in [0.05, 0.1) is 6.33 Å². The van der Waals surface area contributed by atoms with Crippen LogP contribution in [0.2, 0.25) is 0 Å². The fourth-order valence-electron chi connectivity index (χ4n) is 2.10. The maximum Gasteiger partial charge on any atom is 0.225 e. The normalized spacial score (nSPS) is 10.2. The highest BCUT2D eigenvalue weighted by Crippen LogP contribution is 2.13. The number of hydrogen-bond acceptors (Lipinski definition) is 3. The molecule has 1 rings (SSSR count). The summed E-state index contributed by atoms with van der Waals surface area (Å²) in [6, 6.07) is 1.97. The number of aryl methyl sites for hydroxylation is 1. The summed E-state index contributed by atoms with van der Waals surface area (Å²) in [5, 5.41) is 11.6. The molecule has 1 N–H and O–H groups in total. The molecule has 0 radical (unpaired) electrons. The fourth-order valence-corrected chi connectivity index (χ4v) is 2.10. The summed E-state index contributed by atoms with van der Waals surface area (Å²) in [5.41, 5.74) is 0.264. The number of anilines is 1. The van der Waals surface area contributed by atoms with Crippen LogP contribution in [-0.2, 0) is 11.8 Å². The van der Waals surface area contributed by atoms with E-state index in [1.54, 1.807) is 11.6 Å². The number of hydrogen-bond donors (Lipinski definition) is 1. The van der Waals surface area contributed by atoms with Crippen LogP contribution >= 0.6 is 0 Å². The van der Waals surface area contributed by atoms with E-state index in [0.29, 0.717) is 12.2 Å². The molecule has 0 saturated carbocycles. The van der Waals surface area contributed by atoms with Crippen molar-refractivity contribution >= 4 is 11.7 Å². The van der Waals surface area contributed by atoms with E-state index in [2.05, 4.69) is 17.2 Å². The van der Waals surface area contributed by atoms with Crippen LogP contribution in [0, 0.1) is 11.3 Å². The lowest BCUT2D eigenvalue weighted by molar-refractivity contribution is -0.116. The number of amides is 1. The quantitative estimate of drug-likeness (QED) is 0.703. The Morgan fingerprint density at radius 1 is 1.30 bits per heavy atom. The second-order valence-corrected chi connectivity index (χ2v) is 5.08. The van der Waals surface area contributed by atoms with Crippen LogP contribution in [0.1, 0.15) is 64.0 Å². The SMILES string of the molecule is CCCCCCCCCC(=O)Nc1c(C#N)ncn1C. The number of carbonyl (C=O) groups is 1. The molecular weight excluding hydrogens is 252 g/mol. The Hall–Kier alpha value is -1.83. The summed E-state index contributed by atoms with van der Waals surface area (Å²) >= 11 is 0. The molecule has 0 fully saturated rings. The van der Waals surface area contributed by atoms with Gasteiger partial charge in [0, 0.05) is 13.5 Å². The zero-order chi connectivity index (χ0) is 14.8. The van der Waals surface area contributed by atoms with Crippen molar-refractivity contribution < 1.29 is 4.79 Å². The number of nitrogens with one attached hydrogen (secondary N) is 1. The van der Waals surface area contributed by atoms with E-state index in [1.807, 2.05) is 6.07 Å². The molecule has 0 bridgehead atoms. The highest BCUT2D eigenvalue weighted by atomic mass is 16.1. The molecular formula is C15H24N4O. The molecule has 1 heterocycles. The number of aromatic nitrogens is 2. The molecule has 110 valence electrons. The predicted molar refractivity (Wildman–Crippen MR) is 79.2 cm³/mol.